The number of carbonyl (C=O) groups excluding carboxylic acids is 1. The van der Waals surface area contributed by atoms with E-state index in [0.717, 1.165) is 12.1 Å². The highest BCUT2D eigenvalue weighted by molar-refractivity contribution is 5.90. The quantitative estimate of drug-likeness (QED) is 0.693. The first-order valence-electron chi connectivity index (χ1n) is 4.43. The molecule has 0 heterocycles. The summed E-state index contributed by atoms with van der Waals surface area (Å²) in [5.74, 6) is -0.427. The third-order valence-electron chi connectivity index (χ3n) is 1.77. The first-order chi connectivity index (χ1) is 6.72. The molecule has 0 aliphatic heterocycles. The molecule has 1 amide bonds. The molecule has 0 aliphatic carbocycles. The van der Waals surface area contributed by atoms with E-state index < -0.39 is 5.91 Å². The molecule has 0 aromatic heterocycles. The van der Waals surface area contributed by atoms with Gasteiger partial charge in [0.25, 0.3) is 0 Å². The van der Waals surface area contributed by atoms with Crippen molar-refractivity contribution < 1.29 is 4.79 Å². The highest BCUT2D eigenvalue weighted by Crippen LogP contribution is 2.06. The van der Waals surface area contributed by atoms with Crippen molar-refractivity contribution in [2.45, 2.75) is 6.54 Å². The van der Waals surface area contributed by atoms with E-state index in [4.69, 9.17) is 5.73 Å². The van der Waals surface area contributed by atoms with Crippen molar-refractivity contribution in [3.8, 4) is 0 Å². The number of hydrogen-bond acceptors (Lipinski definition) is 2. The van der Waals surface area contributed by atoms with Crippen LogP contribution in [0.5, 0.6) is 0 Å². The number of primary amides is 1. The Hall–Kier alpha value is -1.61. The van der Waals surface area contributed by atoms with E-state index in [2.05, 4.69) is 5.32 Å². The predicted octanol–water partition coefficient (Wildman–Crippen LogP) is 0.904. The minimum atomic E-state index is -0.427. The average molecular weight is 190 g/mol. The number of nitrogens with two attached hydrogens (primary N) is 1. The zero-order chi connectivity index (χ0) is 10.4. The molecule has 1 aromatic rings. The lowest BCUT2D eigenvalue weighted by Crippen LogP contribution is -2.05. The fourth-order valence-electron chi connectivity index (χ4n) is 1.19. The Balaban J connectivity index is 2.77. The minimum Gasteiger partial charge on any atom is -0.366 e. The molecule has 3 N–H and O–H groups in total. The summed E-state index contributed by atoms with van der Waals surface area (Å²) >= 11 is 0. The largest absolute Gasteiger partial charge is 0.366 e. The molecule has 0 saturated heterocycles. The van der Waals surface area contributed by atoms with Crippen LogP contribution in [0.1, 0.15) is 11.1 Å². The number of carbonyl (C=O) groups is 1. The van der Waals surface area contributed by atoms with Crippen molar-refractivity contribution in [3.05, 3.63) is 41.5 Å². The summed E-state index contributed by atoms with van der Waals surface area (Å²) in [4.78, 5) is 10.5. The molecule has 0 atom stereocenters. The maximum Gasteiger partial charge on any atom is 0.241 e. The molecule has 1 rings (SSSR count). The molecular formula is C11H14N2O. The summed E-state index contributed by atoms with van der Waals surface area (Å²) < 4.78 is 0. The van der Waals surface area contributed by atoms with Crippen molar-refractivity contribution in [2.75, 3.05) is 7.05 Å². The standard InChI is InChI=1S/C11H14N2O/c1-13-8-10-4-2-3-9(7-10)5-6-11(12)14/h2-7,13H,8H2,1H3,(H2,12,14). The normalized spacial score (nSPS) is 10.6. The number of rotatable bonds is 4. The lowest BCUT2D eigenvalue weighted by atomic mass is 10.1. The number of benzene rings is 1. The second-order valence-corrected chi connectivity index (χ2v) is 3.01. The zero-order valence-corrected chi connectivity index (χ0v) is 8.16. The number of nitrogens with one attached hydrogen (secondary N) is 1. The first-order valence-corrected chi connectivity index (χ1v) is 4.43. The summed E-state index contributed by atoms with van der Waals surface area (Å²) in [6, 6.07) is 7.92. The van der Waals surface area contributed by atoms with E-state index >= 15 is 0 Å². The van der Waals surface area contributed by atoms with Crippen LogP contribution in [0.25, 0.3) is 6.08 Å². The van der Waals surface area contributed by atoms with Gasteiger partial charge in [-0.1, -0.05) is 24.3 Å². The van der Waals surface area contributed by atoms with Gasteiger partial charge in [-0.05, 0) is 24.3 Å². The maximum atomic E-state index is 10.5. The van der Waals surface area contributed by atoms with Crippen LogP contribution in [0, 0.1) is 0 Å². The molecule has 1 aromatic carbocycles. The van der Waals surface area contributed by atoms with Crippen LogP contribution >= 0.6 is 0 Å². The smallest absolute Gasteiger partial charge is 0.241 e. The molecule has 0 bridgehead atoms. The van der Waals surface area contributed by atoms with Crippen molar-refractivity contribution in [1.82, 2.24) is 5.32 Å². The Kier molecular flexibility index (Phi) is 3.88. The van der Waals surface area contributed by atoms with Gasteiger partial charge in [0, 0.05) is 12.6 Å². The summed E-state index contributed by atoms with van der Waals surface area (Å²) in [5, 5.41) is 3.06. The summed E-state index contributed by atoms with van der Waals surface area (Å²) in [6.45, 7) is 0.818. The second-order valence-electron chi connectivity index (χ2n) is 3.01. The Morgan fingerprint density at radius 2 is 2.36 bits per heavy atom. The molecule has 3 nitrogen and oxygen atoms in total. The number of hydrogen-bond donors (Lipinski definition) is 2. The van der Waals surface area contributed by atoms with Crippen LogP contribution in [0.4, 0.5) is 0 Å². The molecule has 0 unspecified atom stereocenters. The molecule has 0 radical (unpaired) electrons. The third-order valence-corrected chi connectivity index (χ3v) is 1.77. The van der Waals surface area contributed by atoms with Crippen LogP contribution in [0.2, 0.25) is 0 Å². The van der Waals surface area contributed by atoms with Crippen molar-refractivity contribution in [1.29, 1.82) is 0 Å². The van der Waals surface area contributed by atoms with Crippen LogP contribution in [0.15, 0.2) is 30.3 Å². The molecule has 0 aliphatic rings. The zero-order valence-electron chi connectivity index (χ0n) is 8.16. The highest BCUT2D eigenvalue weighted by atomic mass is 16.1. The fourth-order valence-corrected chi connectivity index (χ4v) is 1.19. The maximum absolute atomic E-state index is 10.5. The van der Waals surface area contributed by atoms with Gasteiger partial charge in [0.1, 0.15) is 0 Å². The van der Waals surface area contributed by atoms with Gasteiger partial charge in [-0.2, -0.15) is 0 Å². The molecule has 74 valence electrons. The SMILES string of the molecule is CNCc1cccc(C=CC(N)=O)c1. The van der Waals surface area contributed by atoms with E-state index in [1.807, 2.05) is 31.3 Å². The predicted molar refractivity (Wildman–Crippen MR) is 57.4 cm³/mol. The van der Waals surface area contributed by atoms with E-state index in [1.165, 1.54) is 11.6 Å². The molecule has 0 spiro atoms. The van der Waals surface area contributed by atoms with Crippen molar-refractivity contribution in [2.24, 2.45) is 5.73 Å². The minimum absolute atomic E-state index is 0.427. The molecule has 14 heavy (non-hydrogen) atoms. The van der Waals surface area contributed by atoms with Gasteiger partial charge in [0.15, 0.2) is 0 Å². The summed E-state index contributed by atoms with van der Waals surface area (Å²) in [6.07, 6.45) is 3.07. The lowest BCUT2D eigenvalue weighted by molar-refractivity contribution is -0.113. The molecular weight excluding hydrogens is 176 g/mol. The number of amides is 1. The Morgan fingerprint density at radius 1 is 1.57 bits per heavy atom. The Morgan fingerprint density at radius 3 is 3.00 bits per heavy atom. The van der Waals surface area contributed by atoms with Gasteiger partial charge < -0.3 is 11.1 Å². The summed E-state index contributed by atoms with van der Waals surface area (Å²) in [7, 11) is 1.89. The summed E-state index contributed by atoms with van der Waals surface area (Å²) in [5.41, 5.74) is 7.16. The van der Waals surface area contributed by atoms with E-state index in [1.54, 1.807) is 6.08 Å². The van der Waals surface area contributed by atoms with Crippen molar-refractivity contribution >= 4 is 12.0 Å². The monoisotopic (exact) mass is 190 g/mol. The van der Waals surface area contributed by atoms with Crippen LogP contribution in [-0.2, 0) is 11.3 Å². The van der Waals surface area contributed by atoms with Gasteiger partial charge in [0.2, 0.25) is 5.91 Å². The van der Waals surface area contributed by atoms with Gasteiger partial charge in [-0.25, -0.2) is 0 Å². The Labute approximate surface area is 83.6 Å². The second kappa shape index (κ2) is 5.19. The Bertz CT molecular complexity index is 345. The van der Waals surface area contributed by atoms with Gasteiger partial charge in [-0.3, -0.25) is 4.79 Å². The lowest BCUT2D eigenvalue weighted by Gasteiger charge is -2.00. The molecule has 3 heteroatoms. The van der Waals surface area contributed by atoms with Crippen molar-refractivity contribution in [3.63, 3.8) is 0 Å². The van der Waals surface area contributed by atoms with E-state index in [0.29, 0.717) is 0 Å². The third kappa shape index (κ3) is 3.41. The van der Waals surface area contributed by atoms with E-state index in [-0.39, 0.29) is 0 Å². The van der Waals surface area contributed by atoms with Crippen LogP contribution in [0.3, 0.4) is 0 Å². The first kappa shape index (κ1) is 10.5. The van der Waals surface area contributed by atoms with Gasteiger partial charge in [-0.15, -0.1) is 0 Å². The fraction of sp³-hybridized carbons (Fsp3) is 0.182. The average Bonchev–Trinajstić information content (AvgIpc) is 2.16. The molecule has 0 fully saturated rings. The van der Waals surface area contributed by atoms with Gasteiger partial charge >= 0.3 is 0 Å². The topological polar surface area (TPSA) is 55.1 Å². The van der Waals surface area contributed by atoms with Gasteiger partial charge in [0.05, 0.1) is 0 Å². The van der Waals surface area contributed by atoms with Crippen LogP contribution < -0.4 is 11.1 Å². The highest BCUT2D eigenvalue weighted by Gasteiger charge is 1.92. The van der Waals surface area contributed by atoms with Crippen LogP contribution in [-0.4, -0.2) is 13.0 Å². The molecule has 0 saturated carbocycles. The van der Waals surface area contributed by atoms with E-state index in [9.17, 15) is 4.79 Å².